The minimum atomic E-state index is 0.768. The van der Waals surface area contributed by atoms with Crippen LogP contribution in [0.1, 0.15) is 39.0 Å². The molecule has 0 saturated heterocycles. The van der Waals surface area contributed by atoms with Crippen LogP contribution in [0.3, 0.4) is 0 Å². The van der Waals surface area contributed by atoms with Crippen LogP contribution in [-0.2, 0) is 0 Å². The summed E-state index contributed by atoms with van der Waals surface area (Å²) in [5, 5.41) is 0. The Morgan fingerprint density at radius 1 is 1.45 bits per heavy atom. The molecule has 2 fully saturated rings. The van der Waals surface area contributed by atoms with Gasteiger partial charge >= 0.3 is 0 Å². The van der Waals surface area contributed by atoms with Crippen molar-refractivity contribution in [2.75, 3.05) is 6.54 Å². The summed E-state index contributed by atoms with van der Waals surface area (Å²) in [6, 6.07) is 0. The molecule has 2 N–H and O–H groups in total. The van der Waals surface area contributed by atoms with Crippen LogP contribution < -0.4 is 5.73 Å². The first-order valence-electron chi connectivity index (χ1n) is 5.02. The molecule has 64 valence electrons. The van der Waals surface area contributed by atoms with Gasteiger partial charge in [0, 0.05) is 0 Å². The van der Waals surface area contributed by atoms with Gasteiger partial charge in [-0.25, -0.2) is 0 Å². The summed E-state index contributed by atoms with van der Waals surface area (Å²) < 4.78 is 0. The second-order valence-corrected chi connectivity index (χ2v) is 4.41. The third kappa shape index (κ3) is 1.01. The second kappa shape index (κ2) is 2.48. The van der Waals surface area contributed by atoms with Crippen LogP contribution in [0.5, 0.6) is 0 Å². The van der Waals surface area contributed by atoms with E-state index in [4.69, 9.17) is 5.73 Å². The zero-order chi connectivity index (χ0) is 7.90. The maximum Gasteiger partial charge on any atom is -0.00459 e. The summed E-state index contributed by atoms with van der Waals surface area (Å²) >= 11 is 0. The van der Waals surface area contributed by atoms with Gasteiger partial charge in [-0.15, -0.1) is 0 Å². The zero-order valence-corrected chi connectivity index (χ0v) is 7.47. The lowest BCUT2D eigenvalue weighted by atomic mass is 9.63. The molecule has 2 aliphatic carbocycles. The van der Waals surface area contributed by atoms with Crippen molar-refractivity contribution in [3.05, 3.63) is 0 Å². The third-order valence-electron chi connectivity index (χ3n) is 4.07. The largest absolute Gasteiger partial charge is 0.330 e. The molecular formula is C10H19N. The minimum Gasteiger partial charge on any atom is -0.330 e. The van der Waals surface area contributed by atoms with Gasteiger partial charge in [-0.2, -0.15) is 0 Å². The van der Waals surface area contributed by atoms with Gasteiger partial charge < -0.3 is 5.73 Å². The Bertz CT molecular complexity index is 143. The number of hydrogen-bond donors (Lipinski definition) is 1. The maximum absolute atomic E-state index is 5.65. The Hall–Kier alpha value is -0.0400. The fourth-order valence-electron chi connectivity index (χ4n) is 2.88. The molecule has 0 amide bonds. The molecule has 2 atom stereocenters. The van der Waals surface area contributed by atoms with Crippen molar-refractivity contribution in [1.29, 1.82) is 0 Å². The Balaban J connectivity index is 1.93. The molecule has 1 nitrogen and oxygen atoms in total. The van der Waals surface area contributed by atoms with Gasteiger partial charge in [0.15, 0.2) is 0 Å². The topological polar surface area (TPSA) is 26.0 Å². The number of hydrogen-bond acceptors (Lipinski definition) is 1. The molecule has 2 rings (SSSR count). The molecule has 0 aromatic carbocycles. The third-order valence-corrected chi connectivity index (χ3v) is 4.07. The molecule has 1 heteroatoms. The van der Waals surface area contributed by atoms with Crippen LogP contribution in [0.25, 0.3) is 0 Å². The first-order chi connectivity index (χ1) is 5.32. The van der Waals surface area contributed by atoms with Gasteiger partial charge in [0.2, 0.25) is 0 Å². The summed E-state index contributed by atoms with van der Waals surface area (Å²) in [6.45, 7) is 3.29. The van der Waals surface area contributed by atoms with Crippen molar-refractivity contribution >= 4 is 0 Å². The smallest absolute Gasteiger partial charge is 0.00459 e. The van der Waals surface area contributed by atoms with E-state index in [2.05, 4.69) is 6.92 Å². The Labute approximate surface area is 69.4 Å². The van der Waals surface area contributed by atoms with E-state index in [1.165, 1.54) is 32.1 Å². The fraction of sp³-hybridized carbons (Fsp3) is 1.00. The Morgan fingerprint density at radius 2 is 2.18 bits per heavy atom. The predicted molar refractivity (Wildman–Crippen MR) is 47.2 cm³/mol. The standard InChI is InChI=1S/C10H19N/c1-2-10(4-3-5-10)9-6-8(9)7-11/h8-9H,2-7,11H2,1H3. The highest BCUT2D eigenvalue weighted by Crippen LogP contribution is 2.61. The molecule has 2 unspecified atom stereocenters. The van der Waals surface area contributed by atoms with Crippen molar-refractivity contribution in [2.45, 2.75) is 39.0 Å². The monoisotopic (exact) mass is 153 g/mol. The average molecular weight is 153 g/mol. The van der Waals surface area contributed by atoms with E-state index in [1.807, 2.05) is 0 Å². The van der Waals surface area contributed by atoms with Crippen LogP contribution in [0, 0.1) is 17.3 Å². The first kappa shape index (κ1) is 7.60. The summed E-state index contributed by atoms with van der Waals surface area (Å²) in [5.41, 5.74) is 6.42. The van der Waals surface area contributed by atoms with Gasteiger partial charge in [0.25, 0.3) is 0 Å². The molecule has 0 aromatic rings. The number of rotatable bonds is 3. The Kier molecular flexibility index (Phi) is 1.71. The van der Waals surface area contributed by atoms with E-state index < -0.39 is 0 Å². The molecular weight excluding hydrogens is 134 g/mol. The number of nitrogens with two attached hydrogens (primary N) is 1. The van der Waals surface area contributed by atoms with Gasteiger partial charge in [-0.05, 0) is 43.1 Å². The van der Waals surface area contributed by atoms with E-state index in [9.17, 15) is 0 Å². The SMILES string of the molecule is CCC1(C2CC2CN)CCC1. The van der Waals surface area contributed by atoms with Crippen LogP contribution in [0.2, 0.25) is 0 Å². The van der Waals surface area contributed by atoms with E-state index in [0.29, 0.717) is 0 Å². The van der Waals surface area contributed by atoms with Crippen LogP contribution in [-0.4, -0.2) is 6.54 Å². The molecule has 2 saturated carbocycles. The fourth-order valence-corrected chi connectivity index (χ4v) is 2.88. The highest BCUT2D eigenvalue weighted by atomic mass is 14.7. The lowest BCUT2D eigenvalue weighted by molar-refractivity contribution is 0.0880. The van der Waals surface area contributed by atoms with E-state index in [-0.39, 0.29) is 0 Å². The lowest BCUT2D eigenvalue weighted by Gasteiger charge is -2.42. The van der Waals surface area contributed by atoms with Crippen molar-refractivity contribution < 1.29 is 0 Å². The summed E-state index contributed by atoms with van der Waals surface area (Å²) in [5.74, 6) is 1.92. The lowest BCUT2D eigenvalue weighted by Crippen LogP contribution is -2.32. The van der Waals surface area contributed by atoms with Crippen molar-refractivity contribution in [3.63, 3.8) is 0 Å². The van der Waals surface area contributed by atoms with Gasteiger partial charge in [0.1, 0.15) is 0 Å². The maximum atomic E-state index is 5.65. The molecule has 0 spiro atoms. The normalized spacial score (nSPS) is 39.8. The molecule has 0 aromatic heterocycles. The van der Waals surface area contributed by atoms with E-state index in [0.717, 1.165) is 23.8 Å². The predicted octanol–water partition coefficient (Wildman–Crippen LogP) is 2.16. The minimum absolute atomic E-state index is 0.768. The first-order valence-corrected chi connectivity index (χ1v) is 5.02. The van der Waals surface area contributed by atoms with Crippen molar-refractivity contribution in [3.8, 4) is 0 Å². The Morgan fingerprint density at radius 3 is 2.45 bits per heavy atom. The zero-order valence-electron chi connectivity index (χ0n) is 7.47. The molecule has 2 aliphatic rings. The molecule has 0 aliphatic heterocycles. The molecule has 0 heterocycles. The van der Waals surface area contributed by atoms with Crippen molar-refractivity contribution in [2.24, 2.45) is 23.0 Å². The quantitative estimate of drug-likeness (QED) is 0.660. The highest BCUT2D eigenvalue weighted by Gasteiger charge is 2.53. The van der Waals surface area contributed by atoms with Gasteiger partial charge in [-0.1, -0.05) is 19.8 Å². The summed E-state index contributed by atoms with van der Waals surface area (Å²) in [6.07, 6.45) is 7.29. The van der Waals surface area contributed by atoms with Crippen LogP contribution in [0.4, 0.5) is 0 Å². The van der Waals surface area contributed by atoms with Gasteiger partial charge in [0.05, 0.1) is 0 Å². The van der Waals surface area contributed by atoms with Gasteiger partial charge in [-0.3, -0.25) is 0 Å². The van der Waals surface area contributed by atoms with Crippen LogP contribution in [0.15, 0.2) is 0 Å². The van der Waals surface area contributed by atoms with E-state index in [1.54, 1.807) is 0 Å². The van der Waals surface area contributed by atoms with E-state index >= 15 is 0 Å². The van der Waals surface area contributed by atoms with Crippen molar-refractivity contribution in [1.82, 2.24) is 0 Å². The molecule has 0 radical (unpaired) electrons. The second-order valence-electron chi connectivity index (χ2n) is 4.41. The molecule has 0 bridgehead atoms. The summed E-state index contributed by atoms with van der Waals surface area (Å²) in [7, 11) is 0. The average Bonchev–Trinajstić information content (AvgIpc) is 2.67. The molecule has 11 heavy (non-hydrogen) atoms. The van der Waals surface area contributed by atoms with Crippen LogP contribution >= 0.6 is 0 Å². The summed E-state index contributed by atoms with van der Waals surface area (Å²) in [4.78, 5) is 0. The highest BCUT2D eigenvalue weighted by molar-refractivity contribution is 5.03.